The van der Waals surface area contributed by atoms with Crippen molar-refractivity contribution in [2.45, 2.75) is 6.54 Å². The molecule has 0 amide bonds. The number of aromatic nitrogens is 2. The van der Waals surface area contributed by atoms with E-state index in [4.69, 9.17) is 39.8 Å². The minimum absolute atomic E-state index is 0.658. The Bertz CT molecular complexity index is 1050. The summed E-state index contributed by atoms with van der Waals surface area (Å²) in [6.07, 6.45) is 0. The molecule has 6 heteroatoms. The van der Waals surface area contributed by atoms with Crippen molar-refractivity contribution in [2.24, 2.45) is 0 Å². The Balaban J connectivity index is 1.77. The number of anilines is 2. The minimum Gasteiger partial charge on any atom is -0.326 e. The standard InChI is InChI=1S/C20H14Cl3N3/c21-14-3-1-13(2-4-14)12-26-19-10-7-16(23)11-18(19)25-20(26)24-17-8-5-15(22)6-9-17/h1-11H,12H2,(H,24,25). The fourth-order valence-electron chi connectivity index (χ4n) is 2.79. The van der Waals surface area contributed by atoms with Crippen molar-refractivity contribution in [1.29, 1.82) is 0 Å². The molecule has 0 saturated carbocycles. The summed E-state index contributed by atoms with van der Waals surface area (Å²) in [5, 5.41) is 5.43. The Hall–Kier alpha value is -2.20. The third kappa shape index (κ3) is 3.65. The highest BCUT2D eigenvalue weighted by Crippen LogP contribution is 2.27. The van der Waals surface area contributed by atoms with E-state index in [0.717, 1.165) is 33.3 Å². The number of rotatable bonds is 4. The Morgan fingerprint density at radius 2 is 1.38 bits per heavy atom. The van der Waals surface area contributed by atoms with Crippen LogP contribution in [0.1, 0.15) is 5.56 Å². The SMILES string of the molecule is Clc1ccc(Cn2c(Nc3ccc(Cl)cc3)nc3cc(Cl)ccc32)cc1. The lowest BCUT2D eigenvalue weighted by Gasteiger charge is -2.11. The first-order valence-corrected chi connectivity index (χ1v) is 9.15. The summed E-state index contributed by atoms with van der Waals surface area (Å²) in [6, 6.07) is 21.0. The molecule has 0 radical (unpaired) electrons. The molecule has 4 aromatic rings. The Morgan fingerprint density at radius 1 is 0.769 bits per heavy atom. The van der Waals surface area contributed by atoms with Gasteiger partial charge in [0.1, 0.15) is 0 Å². The van der Waals surface area contributed by atoms with Crippen molar-refractivity contribution in [3.05, 3.63) is 87.4 Å². The van der Waals surface area contributed by atoms with Gasteiger partial charge >= 0.3 is 0 Å². The molecule has 1 N–H and O–H groups in total. The molecule has 0 bridgehead atoms. The van der Waals surface area contributed by atoms with Gasteiger partial charge in [0.05, 0.1) is 17.6 Å². The van der Waals surface area contributed by atoms with E-state index in [2.05, 4.69) is 9.88 Å². The normalized spacial score (nSPS) is 11.0. The summed E-state index contributed by atoms with van der Waals surface area (Å²) in [7, 11) is 0. The molecule has 3 aromatic carbocycles. The zero-order chi connectivity index (χ0) is 18.1. The van der Waals surface area contributed by atoms with E-state index in [9.17, 15) is 0 Å². The molecule has 0 spiro atoms. The van der Waals surface area contributed by atoms with Gasteiger partial charge in [0, 0.05) is 20.8 Å². The summed E-state index contributed by atoms with van der Waals surface area (Å²) in [6.45, 7) is 0.658. The molecule has 1 heterocycles. The van der Waals surface area contributed by atoms with Crippen molar-refractivity contribution < 1.29 is 0 Å². The van der Waals surface area contributed by atoms with Crippen LogP contribution in [0.5, 0.6) is 0 Å². The van der Waals surface area contributed by atoms with Crippen LogP contribution in [0.2, 0.25) is 15.1 Å². The second-order valence-electron chi connectivity index (χ2n) is 5.91. The van der Waals surface area contributed by atoms with Crippen molar-refractivity contribution in [3.63, 3.8) is 0 Å². The van der Waals surface area contributed by atoms with E-state index in [1.165, 1.54) is 0 Å². The fraction of sp³-hybridized carbons (Fsp3) is 0.0500. The van der Waals surface area contributed by atoms with E-state index in [0.29, 0.717) is 16.6 Å². The largest absolute Gasteiger partial charge is 0.326 e. The molecule has 1 aromatic heterocycles. The lowest BCUT2D eigenvalue weighted by atomic mass is 10.2. The van der Waals surface area contributed by atoms with Gasteiger partial charge in [-0.2, -0.15) is 0 Å². The number of fused-ring (bicyclic) bond motifs is 1. The third-order valence-electron chi connectivity index (χ3n) is 4.06. The lowest BCUT2D eigenvalue weighted by molar-refractivity contribution is 0.835. The topological polar surface area (TPSA) is 29.9 Å². The van der Waals surface area contributed by atoms with Gasteiger partial charge in [0.25, 0.3) is 0 Å². The molecule has 0 aliphatic rings. The second-order valence-corrected chi connectivity index (χ2v) is 7.22. The van der Waals surface area contributed by atoms with Crippen LogP contribution in [0.15, 0.2) is 66.7 Å². The van der Waals surface area contributed by atoms with Crippen molar-refractivity contribution in [2.75, 3.05) is 5.32 Å². The Kier molecular flexibility index (Phi) is 4.77. The molecule has 4 rings (SSSR count). The smallest absolute Gasteiger partial charge is 0.208 e. The summed E-state index contributed by atoms with van der Waals surface area (Å²) in [5.74, 6) is 0.736. The highest BCUT2D eigenvalue weighted by atomic mass is 35.5. The van der Waals surface area contributed by atoms with Crippen LogP contribution in [-0.2, 0) is 6.54 Å². The van der Waals surface area contributed by atoms with E-state index in [1.807, 2.05) is 66.7 Å². The maximum Gasteiger partial charge on any atom is 0.208 e. The van der Waals surface area contributed by atoms with Crippen LogP contribution >= 0.6 is 34.8 Å². The van der Waals surface area contributed by atoms with Gasteiger partial charge in [-0.1, -0.05) is 46.9 Å². The monoisotopic (exact) mass is 401 g/mol. The number of hydrogen-bond acceptors (Lipinski definition) is 2. The number of halogens is 3. The van der Waals surface area contributed by atoms with E-state index in [-0.39, 0.29) is 0 Å². The first-order valence-electron chi connectivity index (χ1n) is 8.01. The van der Waals surface area contributed by atoms with E-state index >= 15 is 0 Å². The maximum absolute atomic E-state index is 6.14. The molecule has 0 aliphatic heterocycles. The zero-order valence-electron chi connectivity index (χ0n) is 13.6. The lowest BCUT2D eigenvalue weighted by Crippen LogP contribution is -2.05. The predicted molar refractivity (Wildman–Crippen MR) is 110 cm³/mol. The van der Waals surface area contributed by atoms with Gasteiger partial charge in [0.15, 0.2) is 0 Å². The van der Waals surface area contributed by atoms with Gasteiger partial charge in [-0.05, 0) is 60.2 Å². The van der Waals surface area contributed by atoms with Gasteiger partial charge in [0.2, 0.25) is 5.95 Å². The number of nitrogens with zero attached hydrogens (tertiary/aromatic N) is 2. The van der Waals surface area contributed by atoms with Crippen LogP contribution in [0.3, 0.4) is 0 Å². The van der Waals surface area contributed by atoms with Crippen LogP contribution in [0, 0.1) is 0 Å². The van der Waals surface area contributed by atoms with E-state index < -0.39 is 0 Å². The number of nitrogens with one attached hydrogen (secondary N) is 1. The van der Waals surface area contributed by atoms with Gasteiger partial charge in [-0.25, -0.2) is 4.98 Å². The van der Waals surface area contributed by atoms with Crippen LogP contribution in [0.25, 0.3) is 11.0 Å². The fourth-order valence-corrected chi connectivity index (χ4v) is 3.21. The molecule has 130 valence electrons. The zero-order valence-corrected chi connectivity index (χ0v) is 15.9. The summed E-state index contributed by atoms with van der Waals surface area (Å²) in [5.41, 5.74) is 3.87. The average molecular weight is 403 g/mol. The highest BCUT2D eigenvalue weighted by molar-refractivity contribution is 6.31. The Labute approximate surface area is 166 Å². The highest BCUT2D eigenvalue weighted by Gasteiger charge is 2.12. The molecular weight excluding hydrogens is 389 g/mol. The molecule has 0 aliphatic carbocycles. The molecule has 26 heavy (non-hydrogen) atoms. The predicted octanol–water partition coefficient (Wildman–Crippen LogP) is 6.79. The molecule has 0 unspecified atom stereocenters. The van der Waals surface area contributed by atoms with Crippen LogP contribution in [-0.4, -0.2) is 9.55 Å². The van der Waals surface area contributed by atoms with Gasteiger partial charge < -0.3 is 9.88 Å². The quantitative estimate of drug-likeness (QED) is 0.407. The number of imidazole rings is 1. The van der Waals surface area contributed by atoms with Crippen molar-refractivity contribution in [1.82, 2.24) is 9.55 Å². The summed E-state index contributed by atoms with van der Waals surface area (Å²) >= 11 is 18.1. The van der Waals surface area contributed by atoms with Crippen molar-refractivity contribution in [3.8, 4) is 0 Å². The molecule has 3 nitrogen and oxygen atoms in total. The number of benzene rings is 3. The molecule has 0 saturated heterocycles. The first kappa shape index (κ1) is 17.2. The molecule has 0 fully saturated rings. The summed E-state index contributed by atoms with van der Waals surface area (Å²) < 4.78 is 2.11. The molecular formula is C20H14Cl3N3. The van der Waals surface area contributed by atoms with Crippen molar-refractivity contribution >= 4 is 57.5 Å². The summed E-state index contributed by atoms with van der Waals surface area (Å²) in [4.78, 5) is 4.71. The first-order chi connectivity index (χ1) is 12.6. The Morgan fingerprint density at radius 3 is 2.08 bits per heavy atom. The molecule has 0 atom stereocenters. The van der Waals surface area contributed by atoms with Gasteiger partial charge in [-0.15, -0.1) is 0 Å². The average Bonchev–Trinajstić information content (AvgIpc) is 2.95. The van der Waals surface area contributed by atoms with Gasteiger partial charge in [-0.3, -0.25) is 0 Å². The maximum atomic E-state index is 6.14. The third-order valence-corrected chi connectivity index (χ3v) is 4.80. The van der Waals surface area contributed by atoms with Crippen LogP contribution < -0.4 is 5.32 Å². The van der Waals surface area contributed by atoms with E-state index in [1.54, 1.807) is 0 Å². The minimum atomic E-state index is 0.658. The van der Waals surface area contributed by atoms with Crippen LogP contribution in [0.4, 0.5) is 11.6 Å². The second kappa shape index (κ2) is 7.20. The number of hydrogen-bond donors (Lipinski definition) is 1.